The molecule has 16 heavy (non-hydrogen) atoms. The van der Waals surface area contributed by atoms with Gasteiger partial charge in [-0.3, -0.25) is 4.98 Å². The van der Waals surface area contributed by atoms with Crippen molar-refractivity contribution in [3.05, 3.63) is 36.4 Å². The van der Waals surface area contributed by atoms with E-state index in [2.05, 4.69) is 21.5 Å². The number of fused-ring (bicyclic) bond motifs is 1. The number of rotatable bonds is 1. The van der Waals surface area contributed by atoms with Gasteiger partial charge in [-0.25, -0.2) is 4.98 Å². The first-order valence-electron chi connectivity index (χ1n) is 5.79. The molecule has 0 N–H and O–H groups in total. The molecule has 3 rings (SSSR count). The van der Waals surface area contributed by atoms with Crippen LogP contribution in [0.25, 0.3) is 11.4 Å². The Bertz CT molecular complexity index is 487. The fraction of sp³-hybridized carbons (Fsp3) is 0.385. The van der Waals surface area contributed by atoms with Gasteiger partial charge in [0.1, 0.15) is 5.82 Å². The molecule has 82 valence electrons. The summed E-state index contributed by atoms with van der Waals surface area (Å²) < 4.78 is 2.34. The molecule has 0 aromatic carbocycles. The lowest BCUT2D eigenvalue weighted by Crippen LogP contribution is -2.17. The second kappa shape index (κ2) is 3.74. The van der Waals surface area contributed by atoms with Crippen LogP contribution in [0.5, 0.6) is 0 Å². The largest absolute Gasteiger partial charge is 0.328 e. The first-order chi connectivity index (χ1) is 7.84. The van der Waals surface area contributed by atoms with E-state index in [0.29, 0.717) is 0 Å². The summed E-state index contributed by atoms with van der Waals surface area (Å²) in [6.45, 7) is 3.40. The van der Waals surface area contributed by atoms with Crippen molar-refractivity contribution in [2.45, 2.75) is 26.3 Å². The first kappa shape index (κ1) is 9.58. The summed E-state index contributed by atoms with van der Waals surface area (Å²) >= 11 is 0. The van der Waals surface area contributed by atoms with Crippen molar-refractivity contribution in [1.29, 1.82) is 0 Å². The third-order valence-corrected chi connectivity index (χ3v) is 3.28. The van der Waals surface area contributed by atoms with Gasteiger partial charge in [-0.2, -0.15) is 0 Å². The standard InChI is InChI=1S/C13H15N3/c1-10-4-7-16-12(8-10)9-15-13(16)11-2-5-14-6-3-11/h2-3,5-6,9-10H,4,7-8H2,1H3. The Balaban J connectivity index is 2.04. The molecule has 1 unspecified atom stereocenters. The zero-order valence-corrected chi connectivity index (χ0v) is 9.43. The predicted molar refractivity (Wildman–Crippen MR) is 62.9 cm³/mol. The summed E-state index contributed by atoms with van der Waals surface area (Å²) in [6, 6.07) is 4.04. The van der Waals surface area contributed by atoms with Crippen LogP contribution in [-0.2, 0) is 13.0 Å². The maximum Gasteiger partial charge on any atom is 0.140 e. The first-order valence-corrected chi connectivity index (χ1v) is 5.79. The molecule has 0 saturated heterocycles. The van der Waals surface area contributed by atoms with Crippen LogP contribution in [-0.4, -0.2) is 14.5 Å². The highest BCUT2D eigenvalue weighted by Crippen LogP contribution is 2.26. The molecule has 1 atom stereocenters. The van der Waals surface area contributed by atoms with Crippen molar-refractivity contribution >= 4 is 0 Å². The summed E-state index contributed by atoms with van der Waals surface area (Å²) in [6.07, 6.45) is 8.07. The molecular weight excluding hydrogens is 198 g/mol. The fourth-order valence-corrected chi connectivity index (χ4v) is 2.36. The monoisotopic (exact) mass is 213 g/mol. The van der Waals surface area contributed by atoms with E-state index in [1.54, 1.807) is 0 Å². The molecule has 0 bridgehead atoms. The SMILES string of the molecule is CC1CCn2c(cnc2-c2ccncc2)C1. The lowest BCUT2D eigenvalue weighted by atomic mass is 9.98. The number of nitrogens with zero attached hydrogens (tertiary/aromatic N) is 3. The minimum atomic E-state index is 0.787. The smallest absolute Gasteiger partial charge is 0.140 e. The molecule has 2 aromatic rings. The van der Waals surface area contributed by atoms with Crippen molar-refractivity contribution in [3.8, 4) is 11.4 Å². The van der Waals surface area contributed by atoms with E-state index in [0.717, 1.165) is 30.3 Å². The third-order valence-electron chi connectivity index (χ3n) is 3.28. The minimum absolute atomic E-state index is 0.787. The van der Waals surface area contributed by atoms with Crippen LogP contribution in [0, 0.1) is 5.92 Å². The lowest BCUT2D eigenvalue weighted by Gasteiger charge is -2.21. The van der Waals surface area contributed by atoms with E-state index in [-0.39, 0.29) is 0 Å². The predicted octanol–water partition coefficient (Wildman–Crippen LogP) is 2.53. The number of imidazole rings is 1. The normalized spacial score (nSPS) is 19.4. The van der Waals surface area contributed by atoms with Crippen LogP contribution in [0.3, 0.4) is 0 Å². The second-order valence-corrected chi connectivity index (χ2v) is 4.56. The number of pyridine rings is 1. The van der Waals surface area contributed by atoms with Gasteiger partial charge in [0.05, 0.1) is 0 Å². The Hall–Kier alpha value is -1.64. The van der Waals surface area contributed by atoms with Gasteiger partial charge in [0.15, 0.2) is 0 Å². The number of aromatic nitrogens is 3. The Morgan fingerprint density at radius 3 is 2.94 bits per heavy atom. The summed E-state index contributed by atoms with van der Waals surface area (Å²) in [4.78, 5) is 8.58. The van der Waals surface area contributed by atoms with Crippen LogP contribution in [0.15, 0.2) is 30.7 Å². The maximum absolute atomic E-state index is 4.54. The van der Waals surface area contributed by atoms with Crippen molar-refractivity contribution in [2.75, 3.05) is 0 Å². The van der Waals surface area contributed by atoms with Gasteiger partial charge < -0.3 is 4.57 Å². The molecule has 2 aromatic heterocycles. The van der Waals surface area contributed by atoms with E-state index >= 15 is 0 Å². The van der Waals surface area contributed by atoms with Crippen LogP contribution < -0.4 is 0 Å². The summed E-state index contributed by atoms with van der Waals surface area (Å²) in [5.41, 5.74) is 2.53. The lowest BCUT2D eigenvalue weighted by molar-refractivity contribution is 0.419. The zero-order chi connectivity index (χ0) is 11.0. The molecule has 0 aliphatic carbocycles. The van der Waals surface area contributed by atoms with E-state index in [1.165, 1.54) is 12.1 Å². The molecule has 0 spiro atoms. The molecule has 1 aliphatic heterocycles. The van der Waals surface area contributed by atoms with E-state index in [1.807, 2.05) is 30.7 Å². The minimum Gasteiger partial charge on any atom is -0.328 e. The van der Waals surface area contributed by atoms with Crippen LogP contribution >= 0.6 is 0 Å². The van der Waals surface area contributed by atoms with Crippen LogP contribution in [0.2, 0.25) is 0 Å². The summed E-state index contributed by atoms with van der Waals surface area (Å²) in [7, 11) is 0. The van der Waals surface area contributed by atoms with Crippen molar-refractivity contribution in [3.63, 3.8) is 0 Å². The van der Waals surface area contributed by atoms with Crippen molar-refractivity contribution in [1.82, 2.24) is 14.5 Å². The van der Waals surface area contributed by atoms with Gasteiger partial charge in [0, 0.05) is 36.4 Å². The van der Waals surface area contributed by atoms with E-state index in [9.17, 15) is 0 Å². The topological polar surface area (TPSA) is 30.7 Å². The second-order valence-electron chi connectivity index (χ2n) is 4.56. The molecule has 1 aliphatic rings. The number of hydrogen-bond acceptors (Lipinski definition) is 2. The molecule has 0 fully saturated rings. The highest BCUT2D eigenvalue weighted by atomic mass is 15.1. The van der Waals surface area contributed by atoms with Gasteiger partial charge in [-0.15, -0.1) is 0 Å². The van der Waals surface area contributed by atoms with Gasteiger partial charge in [-0.05, 0) is 30.9 Å². The highest BCUT2D eigenvalue weighted by Gasteiger charge is 2.18. The van der Waals surface area contributed by atoms with E-state index < -0.39 is 0 Å². The molecule has 0 amide bonds. The van der Waals surface area contributed by atoms with Crippen LogP contribution in [0.1, 0.15) is 19.0 Å². The fourth-order valence-electron chi connectivity index (χ4n) is 2.36. The van der Waals surface area contributed by atoms with Gasteiger partial charge >= 0.3 is 0 Å². The van der Waals surface area contributed by atoms with Crippen molar-refractivity contribution < 1.29 is 0 Å². The Kier molecular flexibility index (Phi) is 2.24. The Morgan fingerprint density at radius 2 is 2.12 bits per heavy atom. The number of hydrogen-bond donors (Lipinski definition) is 0. The molecule has 0 radical (unpaired) electrons. The molecule has 3 heteroatoms. The molecule has 3 heterocycles. The molecule has 0 saturated carbocycles. The third kappa shape index (κ3) is 1.52. The average Bonchev–Trinajstić information content (AvgIpc) is 2.73. The Labute approximate surface area is 95.2 Å². The summed E-state index contributed by atoms with van der Waals surface area (Å²) in [5.74, 6) is 1.87. The zero-order valence-electron chi connectivity index (χ0n) is 9.43. The quantitative estimate of drug-likeness (QED) is 0.728. The Morgan fingerprint density at radius 1 is 1.31 bits per heavy atom. The summed E-state index contributed by atoms with van der Waals surface area (Å²) in [5, 5.41) is 0. The van der Waals surface area contributed by atoms with Gasteiger partial charge in [0.2, 0.25) is 0 Å². The highest BCUT2D eigenvalue weighted by molar-refractivity contribution is 5.55. The van der Waals surface area contributed by atoms with Gasteiger partial charge in [0.25, 0.3) is 0 Å². The average molecular weight is 213 g/mol. The molecule has 3 nitrogen and oxygen atoms in total. The van der Waals surface area contributed by atoms with Gasteiger partial charge in [-0.1, -0.05) is 6.92 Å². The van der Waals surface area contributed by atoms with E-state index in [4.69, 9.17) is 0 Å². The van der Waals surface area contributed by atoms with Crippen molar-refractivity contribution in [2.24, 2.45) is 5.92 Å². The van der Waals surface area contributed by atoms with Crippen LogP contribution in [0.4, 0.5) is 0 Å². The maximum atomic E-state index is 4.54. The molecular formula is C13H15N3.